The van der Waals surface area contributed by atoms with Crippen molar-refractivity contribution in [2.24, 2.45) is 0 Å². The molecule has 1 unspecified atom stereocenters. The highest BCUT2D eigenvalue weighted by atomic mass is 32.1. The number of hydrogen-bond donors (Lipinski definition) is 1. The van der Waals surface area contributed by atoms with Crippen LogP contribution in [-0.2, 0) is 6.42 Å². The van der Waals surface area contributed by atoms with Gasteiger partial charge in [-0.25, -0.2) is 4.39 Å². The number of aryl methyl sites for hydroxylation is 3. The van der Waals surface area contributed by atoms with E-state index >= 15 is 0 Å². The van der Waals surface area contributed by atoms with E-state index in [4.69, 9.17) is 0 Å². The Hall–Kier alpha value is -1.19. The third kappa shape index (κ3) is 3.72. The third-order valence-corrected chi connectivity index (χ3v) is 5.06. The van der Waals surface area contributed by atoms with Crippen LogP contribution < -0.4 is 5.32 Å². The van der Waals surface area contributed by atoms with Gasteiger partial charge in [-0.3, -0.25) is 0 Å². The zero-order chi connectivity index (χ0) is 15.4. The number of rotatable bonds is 6. The molecule has 0 saturated carbocycles. The molecule has 0 spiro atoms. The number of thiophene rings is 1. The lowest BCUT2D eigenvalue weighted by Crippen LogP contribution is -2.24. The standard InChI is InChI=1S/C18H24FNS/c1-5-9-20-18(16-8-7-15(6-2)21-16)17-12(3)10-14(19)11-13(17)4/h7-8,10-11,18,20H,5-6,9H2,1-4H3. The maximum Gasteiger partial charge on any atom is 0.123 e. The molecule has 2 aromatic rings. The van der Waals surface area contributed by atoms with Gasteiger partial charge < -0.3 is 5.32 Å². The maximum absolute atomic E-state index is 13.6. The van der Waals surface area contributed by atoms with Crippen LogP contribution in [0.4, 0.5) is 4.39 Å². The first-order valence-electron chi connectivity index (χ1n) is 7.65. The first-order chi connectivity index (χ1) is 10.1. The van der Waals surface area contributed by atoms with Crippen LogP contribution >= 0.6 is 11.3 Å². The zero-order valence-electron chi connectivity index (χ0n) is 13.3. The van der Waals surface area contributed by atoms with E-state index in [0.717, 1.165) is 30.5 Å². The maximum atomic E-state index is 13.6. The SMILES string of the molecule is CCCNC(c1ccc(CC)s1)c1c(C)cc(F)cc1C. The number of hydrogen-bond acceptors (Lipinski definition) is 2. The van der Waals surface area contributed by atoms with Crippen LogP contribution in [-0.4, -0.2) is 6.54 Å². The third-order valence-electron chi connectivity index (χ3n) is 3.76. The summed E-state index contributed by atoms with van der Waals surface area (Å²) < 4.78 is 13.6. The van der Waals surface area contributed by atoms with Gasteiger partial charge in [-0.05, 0) is 74.2 Å². The van der Waals surface area contributed by atoms with E-state index in [0.29, 0.717) is 0 Å². The molecule has 1 atom stereocenters. The molecule has 1 nitrogen and oxygen atoms in total. The van der Waals surface area contributed by atoms with Crippen molar-refractivity contribution in [3.05, 3.63) is 56.5 Å². The van der Waals surface area contributed by atoms with E-state index in [-0.39, 0.29) is 11.9 Å². The summed E-state index contributed by atoms with van der Waals surface area (Å²) in [6.45, 7) is 9.31. The quantitative estimate of drug-likeness (QED) is 0.777. The van der Waals surface area contributed by atoms with Crippen LogP contribution in [0.25, 0.3) is 0 Å². The van der Waals surface area contributed by atoms with Crippen LogP contribution in [0.1, 0.15) is 52.8 Å². The molecule has 1 N–H and O–H groups in total. The summed E-state index contributed by atoms with van der Waals surface area (Å²) in [7, 11) is 0. The summed E-state index contributed by atoms with van der Waals surface area (Å²) in [6, 6.07) is 7.85. The molecule has 0 radical (unpaired) electrons. The van der Waals surface area contributed by atoms with E-state index < -0.39 is 0 Å². The minimum atomic E-state index is -0.150. The van der Waals surface area contributed by atoms with E-state index in [1.54, 1.807) is 12.1 Å². The number of nitrogens with one attached hydrogen (secondary N) is 1. The highest BCUT2D eigenvalue weighted by Crippen LogP contribution is 2.33. The van der Waals surface area contributed by atoms with E-state index in [9.17, 15) is 4.39 Å². The molecule has 1 heterocycles. The summed E-state index contributed by atoms with van der Waals surface area (Å²) in [6.07, 6.45) is 2.15. The van der Waals surface area contributed by atoms with Crippen LogP contribution in [0.15, 0.2) is 24.3 Å². The second kappa shape index (κ2) is 7.19. The van der Waals surface area contributed by atoms with Crippen molar-refractivity contribution < 1.29 is 4.39 Å². The summed E-state index contributed by atoms with van der Waals surface area (Å²) in [5, 5.41) is 3.63. The second-order valence-corrected chi connectivity index (χ2v) is 6.70. The highest BCUT2D eigenvalue weighted by Gasteiger charge is 2.20. The van der Waals surface area contributed by atoms with Crippen molar-refractivity contribution in [2.45, 2.75) is 46.6 Å². The number of benzene rings is 1. The van der Waals surface area contributed by atoms with Crippen molar-refractivity contribution in [1.82, 2.24) is 5.32 Å². The Bertz CT molecular complexity index is 580. The Balaban J connectivity index is 2.45. The Morgan fingerprint density at radius 3 is 2.33 bits per heavy atom. The molecule has 0 bridgehead atoms. The Morgan fingerprint density at radius 1 is 1.14 bits per heavy atom. The Labute approximate surface area is 131 Å². The van der Waals surface area contributed by atoms with Gasteiger partial charge in [-0.15, -0.1) is 11.3 Å². The van der Waals surface area contributed by atoms with Gasteiger partial charge >= 0.3 is 0 Å². The molecule has 0 aliphatic rings. The van der Waals surface area contributed by atoms with Crippen LogP contribution in [0.5, 0.6) is 0 Å². The Kier molecular flexibility index (Phi) is 5.54. The molecule has 114 valence electrons. The van der Waals surface area contributed by atoms with Crippen LogP contribution in [0.3, 0.4) is 0 Å². The van der Waals surface area contributed by atoms with Crippen molar-refractivity contribution in [3.8, 4) is 0 Å². The summed E-state index contributed by atoms with van der Waals surface area (Å²) in [5.41, 5.74) is 3.26. The molecule has 3 heteroatoms. The van der Waals surface area contributed by atoms with Gasteiger partial charge in [0.2, 0.25) is 0 Å². The average Bonchev–Trinajstić information content (AvgIpc) is 2.90. The first-order valence-corrected chi connectivity index (χ1v) is 8.47. The van der Waals surface area contributed by atoms with Crippen molar-refractivity contribution >= 4 is 11.3 Å². The molecule has 0 aliphatic carbocycles. The average molecular weight is 305 g/mol. The van der Waals surface area contributed by atoms with E-state index in [1.807, 2.05) is 25.2 Å². The smallest absolute Gasteiger partial charge is 0.123 e. The molecule has 21 heavy (non-hydrogen) atoms. The van der Waals surface area contributed by atoms with E-state index in [1.165, 1.54) is 15.3 Å². The topological polar surface area (TPSA) is 12.0 Å². The molecule has 0 amide bonds. The normalized spacial score (nSPS) is 12.6. The molecule has 1 aromatic carbocycles. The molecule has 2 rings (SSSR count). The van der Waals surface area contributed by atoms with Gasteiger partial charge in [0.05, 0.1) is 6.04 Å². The van der Waals surface area contributed by atoms with Crippen LogP contribution in [0.2, 0.25) is 0 Å². The predicted octanol–water partition coefficient (Wildman–Crippen LogP) is 5.16. The molecular weight excluding hydrogens is 281 g/mol. The van der Waals surface area contributed by atoms with Crippen molar-refractivity contribution in [2.75, 3.05) is 6.54 Å². The highest BCUT2D eigenvalue weighted by molar-refractivity contribution is 7.12. The zero-order valence-corrected chi connectivity index (χ0v) is 14.1. The molecular formula is C18H24FNS. The van der Waals surface area contributed by atoms with Crippen molar-refractivity contribution in [3.63, 3.8) is 0 Å². The van der Waals surface area contributed by atoms with Gasteiger partial charge in [-0.2, -0.15) is 0 Å². The van der Waals surface area contributed by atoms with Crippen molar-refractivity contribution in [1.29, 1.82) is 0 Å². The molecule has 0 saturated heterocycles. The summed E-state index contributed by atoms with van der Waals surface area (Å²) in [5.74, 6) is -0.150. The molecule has 1 aromatic heterocycles. The number of halogens is 1. The fourth-order valence-corrected chi connectivity index (χ4v) is 3.79. The van der Waals surface area contributed by atoms with E-state index in [2.05, 4.69) is 31.3 Å². The minimum absolute atomic E-state index is 0.150. The lowest BCUT2D eigenvalue weighted by atomic mass is 9.94. The predicted molar refractivity (Wildman–Crippen MR) is 89.7 cm³/mol. The summed E-state index contributed by atoms with van der Waals surface area (Å²) in [4.78, 5) is 2.71. The fraction of sp³-hybridized carbons (Fsp3) is 0.444. The van der Waals surface area contributed by atoms with Gasteiger partial charge in [0.25, 0.3) is 0 Å². The lowest BCUT2D eigenvalue weighted by Gasteiger charge is -2.22. The van der Waals surface area contributed by atoms with Gasteiger partial charge in [-0.1, -0.05) is 13.8 Å². The Morgan fingerprint density at radius 2 is 1.81 bits per heavy atom. The summed E-state index contributed by atoms with van der Waals surface area (Å²) >= 11 is 1.85. The van der Waals surface area contributed by atoms with Gasteiger partial charge in [0, 0.05) is 9.75 Å². The fourth-order valence-electron chi connectivity index (χ4n) is 2.75. The largest absolute Gasteiger partial charge is 0.306 e. The van der Waals surface area contributed by atoms with Crippen LogP contribution in [0, 0.1) is 19.7 Å². The minimum Gasteiger partial charge on any atom is -0.306 e. The lowest BCUT2D eigenvalue weighted by molar-refractivity contribution is 0.592. The first kappa shape index (κ1) is 16.2. The van der Waals surface area contributed by atoms with Gasteiger partial charge in [0.1, 0.15) is 5.82 Å². The van der Waals surface area contributed by atoms with Gasteiger partial charge in [0.15, 0.2) is 0 Å². The second-order valence-electron chi connectivity index (χ2n) is 5.50. The molecule has 0 aliphatic heterocycles. The monoisotopic (exact) mass is 305 g/mol. The molecule has 0 fully saturated rings.